The highest BCUT2D eigenvalue weighted by Gasteiger charge is 2.10. The Morgan fingerprint density at radius 1 is 1.09 bits per heavy atom. The Morgan fingerprint density at radius 2 is 1.82 bits per heavy atom. The normalized spacial score (nSPS) is 10.8. The van der Waals surface area contributed by atoms with E-state index >= 15 is 0 Å². The van der Waals surface area contributed by atoms with Crippen LogP contribution in [0.1, 0.15) is 20.8 Å². The zero-order valence-electron chi connectivity index (χ0n) is 12.3. The summed E-state index contributed by atoms with van der Waals surface area (Å²) in [5, 5.41) is 4.10. The lowest BCUT2D eigenvalue weighted by Gasteiger charge is -2.09. The minimum Gasteiger partial charge on any atom is -0.380 e. The Labute approximate surface area is 133 Å². The molecule has 0 aliphatic carbocycles. The molecule has 1 amide bonds. The van der Waals surface area contributed by atoms with Crippen molar-refractivity contribution >= 4 is 27.3 Å². The fourth-order valence-electron chi connectivity index (χ4n) is 2.38. The van der Waals surface area contributed by atoms with Gasteiger partial charge in [-0.2, -0.15) is 0 Å². The average molecular weight is 311 g/mol. The third kappa shape index (κ3) is 3.18. The summed E-state index contributed by atoms with van der Waals surface area (Å²) in [6.45, 7) is 1.06. The topological polar surface area (TPSA) is 38.3 Å². The number of thiophene rings is 1. The number of amides is 1. The molecule has 2 aromatic carbocycles. The molecule has 0 spiro atoms. The maximum Gasteiger partial charge on any atom is 0.261 e. The number of benzene rings is 2. The second-order valence-electron chi connectivity index (χ2n) is 5.03. The van der Waals surface area contributed by atoms with Crippen molar-refractivity contribution in [2.24, 2.45) is 0 Å². The number of rotatable bonds is 5. The monoisotopic (exact) mass is 311 g/mol. The van der Waals surface area contributed by atoms with Gasteiger partial charge in [0.25, 0.3) is 5.91 Å². The first kappa shape index (κ1) is 14.8. The van der Waals surface area contributed by atoms with Crippen molar-refractivity contribution in [2.45, 2.75) is 13.2 Å². The highest BCUT2D eigenvalue weighted by atomic mass is 32.1. The van der Waals surface area contributed by atoms with E-state index in [9.17, 15) is 4.79 Å². The van der Waals surface area contributed by atoms with Gasteiger partial charge in [-0.05, 0) is 28.6 Å². The Balaban J connectivity index is 1.72. The first-order valence-corrected chi connectivity index (χ1v) is 7.92. The Kier molecular flexibility index (Phi) is 4.51. The highest BCUT2D eigenvalue weighted by molar-refractivity contribution is 7.20. The maximum atomic E-state index is 12.3. The zero-order chi connectivity index (χ0) is 15.4. The van der Waals surface area contributed by atoms with E-state index in [0.717, 1.165) is 26.1 Å². The fourth-order valence-corrected chi connectivity index (χ4v) is 3.36. The molecular weight excluding hydrogens is 294 g/mol. The van der Waals surface area contributed by atoms with Crippen LogP contribution in [0.2, 0.25) is 0 Å². The smallest absolute Gasteiger partial charge is 0.261 e. The van der Waals surface area contributed by atoms with E-state index in [1.165, 1.54) is 11.3 Å². The van der Waals surface area contributed by atoms with Crippen LogP contribution in [0.5, 0.6) is 0 Å². The van der Waals surface area contributed by atoms with Gasteiger partial charge in [-0.1, -0.05) is 42.5 Å². The van der Waals surface area contributed by atoms with Gasteiger partial charge in [0.05, 0.1) is 11.5 Å². The first-order chi connectivity index (χ1) is 10.8. The summed E-state index contributed by atoms with van der Waals surface area (Å²) in [5.41, 5.74) is 2.18. The molecule has 0 unspecified atom stereocenters. The minimum absolute atomic E-state index is 0.0339. The van der Waals surface area contributed by atoms with Gasteiger partial charge in [0.1, 0.15) is 0 Å². The molecular formula is C18H17NO2S. The molecule has 0 atom stereocenters. The number of carbonyl (C=O) groups excluding carboxylic acids is 1. The van der Waals surface area contributed by atoms with Crippen molar-refractivity contribution in [1.29, 1.82) is 0 Å². The summed E-state index contributed by atoms with van der Waals surface area (Å²) < 4.78 is 6.32. The molecule has 0 saturated carbocycles. The molecule has 0 saturated heterocycles. The van der Waals surface area contributed by atoms with Gasteiger partial charge in [0.15, 0.2) is 0 Å². The molecule has 3 aromatic rings. The van der Waals surface area contributed by atoms with Crippen LogP contribution in [0.25, 0.3) is 10.1 Å². The lowest BCUT2D eigenvalue weighted by atomic mass is 10.1. The number of fused-ring (bicyclic) bond motifs is 1. The molecule has 0 bridgehead atoms. The quantitative estimate of drug-likeness (QED) is 0.774. The van der Waals surface area contributed by atoms with Crippen LogP contribution in [0.15, 0.2) is 54.6 Å². The molecule has 3 rings (SSSR count). The Morgan fingerprint density at radius 3 is 2.59 bits per heavy atom. The lowest BCUT2D eigenvalue weighted by Crippen LogP contribution is -2.22. The molecule has 1 heterocycles. The van der Waals surface area contributed by atoms with Gasteiger partial charge in [-0.3, -0.25) is 4.79 Å². The summed E-state index contributed by atoms with van der Waals surface area (Å²) in [6.07, 6.45) is 0. The van der Waals surface area contributed by atoms with E-state index in [1.54, 1.807) is 7.11 Å². The number of carbonyl (C=O) groups is 1. The van der Waals surface area contributed by atoms with Gasteiger partial charge < -0.3 is 10.1 Å². The van der Waals surface area contributed by atoms with Crippen molar-refractivity contribution in [2.75, 3.05) is 7.11 Å². The van der Waals surface area contributed by atoms with Crippen LogP contribution in [-0.4, -0.2) is 13.0 Å². The highest BCUT2D eigenvalue weighted by Crippen LogP contribution is 2.25. The van der Waals surface area contributed by atoms with Gasteiger partial charge in [-0.15, -0.1) is 11.3 Å². The average Bonchev–Trinajstić information content (AvgIpc) is 2.98. The Bertz CT molecular complexity index is 761. The summed E-state index contributed by atoms with van der Waals surface area (Å²) in [5.74, 6) is -0.0339. The van der Waals surface area contributed by atoms with Gasteiger partial charge in [-0.25, -0.2) is 0 Å². The lowest BCUT2D eigenvalue weighted by molar-refractivity contribution is 0.0954. The molecule has 1 N–H and O–H groups in total. The van der Waals surface area contributed by atoms with E-state index in [2.05, 4.69) is 5.32 Å². The standard InChI is InChI=1S/C18H17NO2S/c1-21-12-15-8-3-2-7-14(15)11-19-18(20)17-10-13-6-4-5-9-16(13)22-17/h2-10H,11-12H2,1H3,(H,19,20). The molecule has 112 valence electrons. The number of methoxy groups -OCH3 is 1. The maximum absolute atomic E-state index is 12.3. The SMILES string of the molecule is COCc1ccccc1CNC(=O)c1cc2ccccc2s1. The summed E-state index contributed by atoms with van der Waals surface area (Å²) in [4.78, 5) is 13.1. The number of ether oxygens (including phenoxy) is 1. The van der Waals surface area contributed by atoms with Crippen LogP contribution in [0.3, 0.4) is 0 Å². The molecule has 3 nitrogen and oxygen atoms in total. The van der Waals surface area contributed by atoms with E-state index in [4.69, 9.17) is 4.74 Å². The predicted octanol–water partition coefficient (Wildman–Crippen LogP) is 3.98. The third-order valence-corrected chi connectivity index (χ3v) is 4.62. The van der Waals surface area contributed by atoms with E-state index in [1.807, 2.05) is 54.6 Å². The number of hydrogen-bond donors (Lipinski definition) is 1. The van der Waals surface area contributed by atoms with Gasteiger partial charge in [0.2, 0.25) is 0 Å². The molecule has 0 aliphatic rings. The third-order valence-electron chi connectivity index (χ3n) is 3.51. The van der Waals surface area contributed by atoms with Crippen molar-refractivity contribution in [3.05, 3.63) is 70.6 Å². The van der Waals surface area contributed by atoms with E-state index in [-0.39, 0.29) is 5.91 Å². The van der Waals surface area contributed by atoms with Gasteiger partial charge in [0, 0.05) is 18.4 Å². The summed E-state index contributed by atoms with van der Waals surface area (Å²) >= 11 is 1.52. The van der Waals surface area contributed by atoms with E-state index in [0.29, 0.717) is 13.2 Å². The second kappa shape index (κ2) is 6.73. The number of hydrogen-bond acceptors (Lipinski definition) is 3. The van der Waals surface area contributed by atoms with E-state index < -0.39 is 0 Å². The van der Waals surface area contributed by atoms with Gasteiger partial charge >= 0.3 is 0 Å². The minimum atomic E-state index is -0.0339. The predicted molar refractivity (Wildman–Crippen MR) is 90.2 cm³/mol. The fraction of sp³-hybridized carbons (Fsp3) is 0.167. The van der Waals surface area contributed by atoms with Crippen molar-refractivity contribution in [3.63, 3.8) is 0 Å². The molecule has 22 heavy (non-hydrogen) atoms. The second-order valence-corrected chi connectivity index (χ2v) is 6.12. The van der Waals surface area contributed by atoms with Crippen molar-refractivity contribution in [3.8, 4) is 0 Å². The van der Waals surface area contributed by atoms with Crippen molar-refractivity contribution in [1.82, 2.24) is 5.32 Å². The van der Waals surface area contributed by atoms with Crippen LogP contribution >= 0.6 is 11.3 Å². The van der Waals surface area contributed by atoms with Crippen LogP contribution in [0.4, 0.5) is 0 Å². The van der Waals surface area contributed by atoms with Crippen LogP contribution < -0.4 is 5.32 Å². The molecule has 0 aliphatic heterocycles. The molecule has 0 fully saturated rings. The molecule has 0 radical (unpaired) electrons. The van der Waals surface area contributed by atoms with Crippen LogP contribution in [0, 0.1) is 0 Å². The number of nitrogens with one attached hydrogen (secondary N) is 1. The van der Waals surface area contributed by atoms with Crippen molar-refractivity contribution < 1.29 is 9.53 Å². The first-order valence-electron chi connectivity index (χ1n) is 7.10. The van der Waals surface area contributed by atoms with Crippen LogP contribution in [-0.2, 0) is 17.9 Å². The summed E-state index contributed by atoms with van der Waals surface area (Å²) in [7, 11) is 1.67. The largest absolute Gasteiger partial charge is 0.380 e. The Hall–Kier alpha value is -2.17. The molecule has 1 aromatic heterocycles. The molecule has 4 heteroatoms. The zero-order valence-corrected chi connectivity index (χ0v) is 13.2. The summed E-state index contributed by atoms with van der Waals surface area (Å²) in [6, 6.07) is 18.0.